The van der Waals surface area contributed by atoms with Crippen LogP contribution in [0.1, 0.15) is 38.2 Å². The van der Waals surface area contributed by atoms with Crippen LogP contribution in [0.3, 0.4) is 0 Å². The van der Waals surface area contributed by atoms with E-state index in [1.165, 1.54) is 5.56 Å². The Balaban J connectivity index is 1.62. The number of hydrogen-bond acceptors (Lipinski definition) is 3. The zero-order valence-electron chi connectivity index (χ0n) is 14.0. The molecule has 1 aromatic carbocycles. The number of ether oxygens (including phenoxy) is 1. The number of aliphatic hydroxyl groups excluding tert-OH is 1. The molecule has 1 aliphatic rings. The molecule has 0 radical (unpaired) electrons. The lowest BCUT2D eigenvalue weighted by atomic mass is 9.87. The molecule has 1 aromatic rings. The van der Waals surface area contributed by atoms with Gasteiger partial charge in [0, 0.05) is 6.54 Å². The molecular formula is C18H28N2O3. The second-order valence-electron chi connectivity index (χ2n) is 6.52. The number of rotatable bonds is 6. The summed E-state index contributed by atoms with van der Waals surface area (Å²) in [5.74, 6) is 1.19. The normalized spacial score (nSPS) is 22.2. The molecule has 0 aliphatic heterocycles. The first-order chi connectivity index (χ1) is 11.0. The van der Waals surface area contributed by atoms with E-state index in [1.54, 1.807) is 0 Å². The highest BCUT2D eigenvalue weighted by molar-refractivity contribution is 5.73. The molecule has 0 aromatic heterocycles. The summed E-state index contributed by atoms with van der Waals surface area (Å²) >= 11 is 0. The lowest BCUT2D eigenvalue weighted by molar-refractivity contribution is 0.101. The Labute approximate surface area is 138 Å². The maximum absolute atomic E-state index is 11.8. The minimum atomic E-state index is -0.207. The molecule has 0 saturated heterocycles. The van der Waals surface area contributed by atoms with Crippen LogP contribution in [0.5, 0.6) is 5.75 Å². The van der Waals surface area contributed by atoms with Gasteiger partial charge < -0.3 is 20.5 Å². The minimum absolute atomic E-state index is 0.0973. The molecule has 3 unspecified atom stereocenters. The predicted molar refractivity (Wildman–Crippen MR) is 90.6 cm³/mol. The van der Waals surface area contributed by atoms with Crippen molar-refractivity contribution < 1.29 is 14.6 Å². The molecule has 5 nitrogen and oxygen atoms in total. The average molecular weight is 320 g/mol. The first-order valence-electron chi connectivity index (χ1n) is 8.46. The minimum Gasteiger partial charge on any atom is -0.489 e. The zero-order chi connectivity index (χ0) is 16.7. The van der Waals surface area contributed by atoms with Gasteiger partial charge in [0.05, 0.1) is 12.6 Å². The summed E-state index contributed by atoms with van der Waals surface area (Å²) in [4.78, 5) is 11.8. The molecule has 1 fully saturated rings. The quantitative estimate of drug-likeness (QED) is 0.754. The number of aliphatic hydroxyl groups is 1. The maximum Gasteiger partial charge on any atom is 0.314 e. The molecule has 128 valence electrons. The summed E-state index contributed by atoms with van der Waals surface area (Å²) in [6, 6.07) is 7.69. The van der Waals surface area contributed by atoms with Gasteiger partial charge in [0.15, 0.2) is 0 Å². The van der Waals surface area contributed by atoms with Crippen molar-refractivity contribution in [3.05, 3.63) is 29.8 Å². The van der Waals surface area contributed by atoms with E-state index in [2.05, 4.69) is 10.6 Å². The molecule has 1 aliphatic carbocycles. The van der Waals surface area contributed by atoms with Gasteiger partial charge in [-0.25, -0.2) is 4.79 Å². The van der Waals surface area contributed by atoms with Gasteiger partial charge >= 0.3 is 6.03 Å². The first-order valence-corrected chi connectivity index (χ1v) is 8.46. The first kappa shape index (κ1) is 17.6. The number of benzene rings is 1. The van der Waals surface area contributed by atoms with Crippen LogP contribution in [0.2, 0.25) is 0 Å². The topological polar surface area (TPSA) is 70.6 Å². The van der Waals surface area contributed by atoms with Crippen LogP contribution in [0.4, 0.5) is 4.79 Å². The van der Waals surface area contributed by atoms with Crippen LogP contribution in [0, 0.1) is 12.8 Å². The highest BCUT2D eigenvalue weighted by atomic mass is 16.5. The van der Waals surface area contributed by atoms with Gasteiger partial charge in [0.25, 0.3) is 0 Å². The summed E-state index contributed by atoms with van der Waals surface area (Å²) in [6.45, 7) is 5.03. The van der Waals surface area contributed by atoms with Crippen LogP contribution < -0.4 is 15.4 Å². The van der Waals surface area contributed by atoms with Gasteiger partial charge in [-0.15, -0.1) is 0 Å². The van der Waals surface area contributed by atoms with Crippen molar-refractivity contribution in [2.75, 3.05) is 13.1 Å². The Kier molecular flexibility index (Phi) is 6.71. The third-order valence-electron chi connectivity index (χ3n) is 4.21. The fourth-order valence-electron chi connectivity index (χ4n) is 2.87. The van der Waals surface area contributed by atoms with Crippen LogP contribution >= 0.6 is 0 Å². The lowest BCUT2D eigenvalue weighted by Gasteiger charge is -2.26. The number of nitrogens with one attached hydrogen (secondary N) is 2. The number of carbonyl (C=O) groups is 1. The SMILES string of the molecule is Cc1ccc(OC(C)CNC(=O)NCC2CCCC(O)C2)cc1. The fourth-order valence-corrected chi connectivity index (χ4v) is 2.87. The van der Waals surface area contributed by atoms with Crippen LogP contribution in [0.25, 0.3) is 0 Å². The number of hydrogen-bond donors (Lipinski definition) is 3. The van der Waals surface area contributed by atoms with Crippen molar-refractivity contribution >= 4 is 6.03 Å². The molecule has 2 amide bonds. The molecule has 1 saturated carbocycles. The Bertz CT molecular complexity index is 490. The van der Waals surface area contributed by atoms with Gasteiger partial charge in [0.2, 0.25) is 0 Å². The maximum atomic E-state index is 11.8. The van der Waals surface area contributed by atoms with Gasteiger partial charge in [-0.3, -0.25) is 0 Å². The van der Waals surface area contributed by atoms with Gasteiger partial charge in [-0.05, 0) is 51.2 Å². The Morgan fingerprint density at radius 2 is 2.04 bits per heavy atom. The third-order valence-corrected chi connectivity index (χ3v) is 4.21. The smallest absolute Gasteiger partial charge is 0.314 e. The highest BCUT2D eigenvalue weighted by Crippen LogP contribution is 2.23. The largest absolute Gasteiger partial charge is 0.489 e. The monoisotopic (exact) mass is 320 g/mol. The van der Waals surface area contributed by atoms with E-state index >= 15 is 0 Å². The van der Waals surface area contributed by atoms with E-state index in [-0.39, 0.29) is 18.2 Å². The van der Waals surface area contributed by atoms with Gasteiger partial charge in [0.1, 0.15) is 11.9 Å². The predicted octanol–water partition coefficient (Wildman–Crippen LogP) is 2.61. The van der Waals surface area contributed by atoms with E-state index in [0.29, 0.717) is 19.0 Å². The molecule has 3 N–H and O–H groups in total. The van der Waals surface area contributed by atoms with Gasteiger partial charge in [-0.1, -0.05) is 24.1 Å². The van der Waals surface area contributed by atoms with Crippen LogP contribution in [0.15, 0.2) is 24.3 Å². The van der Waals surface area contributed by atoms with Crippen LogP contribution in [-0.2, 0) is 0 Å². The van der Waals surface area contributed by atoms with Crippen molar-refractivity contribution in [2.24, 2.45) is 5.92 Å². The molecule has 3 atom stereocenters. The van der Waals surface area contributed by atoms with Gasteiger partial charge in [-0.2, -0.15) is 0 Å². The molecule has 23 heavy (non-hydrogen) atoms. The molecule has 5 heteroatoms. The summed E-state index contributed by atoms with van der Waals surface area (Å²) in [5, 5.41) is 15.3. The lowest BCUT2D eigenvalue weighted by Crippen LogP contribution is -2.42. The fraction of sp³-hybridized carbons (Fsp3) is 0.611. The standard InChI is InChI=1S/C18H28N2O3/c1-13-6-8-17(9-7-13)23-14(2)11-19-18(22)20-12-15-4-3-5-16(21)10-15/h6-9,14-16,21H,3-5,10-12H2,1-2H3,(H2,19,20,22). The van der Waals surface area contributed by atoms with Crippen molar-refractivity contribution in [3.8, 4) is 5.75 Å². The zero-order valence-corrected chi connectivity index (χ0v) is 14.0. The number of aryl methyl sites for hydroxylation is 1. The number of amides is 2. The Hall–Kier alpha value is -1.75. The average Bonchev–Trinajstić information content (AvgIpc) is 2.53. The van der Waals surface area contributed by atoms with E-state index in [0.717, 1.165) is 31.4 Å². The molecule has 2 rings (SSSR count). The van der Waals surface area contributed by atoms with E-state index in [4.69, 9.17) is 4.74 Å². The Morgan fingerprint density at radius 3 is 2.74 bits per heavy atom. The highest BCUT2D eigenvalue weighted by Gasteiger charge is 2.20. The molecule has 0 heterocycles. The number of urea groups is 1. The van der Waals surface area contributed by atoms with Crippen molar-refractivity contribution in [3.63, 3.8) is 0 Å². The van der Waals surface area contributed by atoms with E-state index < -0.39 is 0 Å². The third kappa shape index (κ3) is 6.48. The summed E-state index contributed by atoms with van der Waals surface area (Å²) in [5.41, 5.74) is 1.19. The molecule has 0 bridgehead atoms. The summed E-state index contributed by atoms with van der Waals surface area (Å²) < 4.78 is 5.75. The van der Waals surface area contributed by atoms with E-state index in [1.807, 2.05) is 38.1 Å². The molecular weight excluding hydrogens is 292 g/mol. The van der Waals surface area contributed by atoms with Crippen LogP contribution in [-0.4, -0.2) is 36.4 Å². The van der Waals surface area contributed by atoms with Crippen molar-refractivity contribution in [1.82, 2.24) is 10.6 Å². The second kappa shape index (κ2) is 8.77. The summed E-state index contributed by atoms with van der Waals surface area (Å²) in [7, 11) is 0. The van der Waals surface area contributed by atoms with Crippen molar-refractivity contribution in [2.45, 2.75) is 51.7 Å². The summed E-state index contributed by atoms with van der Waals surface area (Å²) in [6.07, 6.45) is 3.48. The second-order valence-corrected chi connectivity index (χ2v) is 6.52. The molecule has 0 spiro atoms. The van der Waals surface area contributed by atoms with E-state index in [9.17, 15) is 9.90 Å². The Morgan fingerprint density at radius 1 is 1.30 bits per heavy atom. The number of carbonyl (C=O) groups excluding carboxylic acids is 1. The van der Waals surface area contributed by atoms with Crippen molar-refractivity contribution in [1.29, 1.82) is 0 Å².